The molecule has 1 radical (unpaired) electrons. The maximum absolute atomic E-state index is 10.5. The summed E-state index contributed by atoms with van der Waals surface area (Å²) in [4.78, 5) is 10.5. The van der Waals surface area contributed by atoms with Crippen molar-refractivity contribution in [3.63, 3.8) is 0 Å². The minimum Gasteiger partial charge on any atom is -0.267 e. The maximum Gasteiger partial charge on any atom is 0.274 e. The molecule has 1 aromatic heterocycles. The number of rotatable bonds is 0. The second-order valence-electron chi connectivity index (χ2n) is 1.40. The van der Waals surface area contributed by atoms with Gasteiger partial charge < -0.3 is 0 Å². The number of aryl methyl sites for hydroxylation is 1. The van der Waals surface area contributed by atoms with Crippen LogP contribution in [0.2, 0.25) is 0 Å². The predicted molar refractivity (Wildman–Crippen MR) is 28.3 cm³/mol. The van der Waals surface area contributed by atoms with Crippen LogP contribution >= 0.6 is 0 Å². The van der Waals surface area contributed by atoms with E-state index in [1.54, 1.807) is 7.05 Å². The van der Waals surface area contributed by atoms with Crippen molar-refractivity contribution in [2.75, 3.05) is 0 Å². The topological polar surface area (TPSA) is 34.9 Å². The Balaban J connectivity index is 3.35. The highest BCUT2D eigenvalue weighted by Crippen LogP contribution is 1.64. The van der Waals surface area contributed by atoms with E-state index in [4.69, 9.17) is 0 Å². The number of aromatic nitrogens is 2. The fraction of sp³-hybridized carbons (Fsp3) is 0.200. The fourth-order valence-corrected chi connectivity index (χ4v) is 0.388. The van der Waals surface area contributed by atoms with Crippen molar-refractivity contribution in [3.8, 4) is 0 Å². The molecule has 0 aliphatic rings. The van der Waals surface area contributed by atoms with Crippen LogP contribution in [-0.4, -0.2) is 9.78 Å². The molecule has 0 fully saturated rings. The molecule has 0 aromatic carbocycles. The molecule has 1 aromatic rings. The molecule has 0 amide bonds. The zero-order chi connectivity index (χ0) is 5.98. The average molecular weight is 109 g/mol. The van der Waals surface area contributed by atoms with Gasteiger partial charge >= 0.3 is 0 Å². The van der Waals surface area contributed by atoms with E-state index in [1.807, 2.05) is 0 Å². The SMILES string of the molecule is Cn1ncc[c]c1=O. The Morgan fingerprint density at radius 3 is 3.00 bits per heavy atom. The van der Waals surface area contributed by atoms with Crippen LogP contribution in [0.4, 0.5) is 0 Å². The van der Waals surface area contributed by atoms with E-state index in [-0.39, 0.29) is 5.56 Å². The van der Waals surface area contributed by atoms with Crippen LogP contribution in [-0.2, 0) is 7.05 Å². The van der Waals surface area contributed by atoms with Crippen LogP contribution in [0.1, 0.15) is 0 Å². The van der Waals surface area contributed by atoms with E-state index in [9.17, 15) is 4.79 Å². The van der Waals surface area contributed by atoms with Crippen molar-refractivity contribution in [3.05, 3.63) is 28.7 Å². The summed E-state index contributed by atoms with van der Waals surface area (Å²) in [5.74, 6) is 0. The molecule has 0 saturated carbocycles. The molecule has 0 aliphatic carbocycles. The molecule has 8 heavy (non-hydrogen) atoms. The van der Waals surface area contributed by atoms with Crippen molar-refractivity contribution >= 4 is 0 Å². The van der Waals surface area contributed by atoms with E-state index < -0.39 is 0 Å². The lowest BCUT2D eigenvalue weighted by Crippen LogP contribution is -2.16. The summed E-state index contributed by atoms with van der Waals surface area (Å²) < 4.78 is 1.22. The van der Waals surface area contributed by atoms with E-state index >= 15 is 0 Å². The summed E-state index contributed by atoms with van der Waals surface area (Å²) in [5.41, 5.74) is -0.201. The Labute approximate surface area is 46.6 Å². The van der Waals surface area contributed by atoms with E-state index in [1.165, 1.54) is 16.9 Å². The first kappa shape index (κ1) is 5.03. The third kappa shape index (κ3) is 0.753. The maximum atomic E-state index is 10.5. The molecule has 3 heteroatoms. The van der Waals surface area contributed by atoms with Gasteiger partial charge in [-0.25, -0.2) is 4.68 Å². The van der Waals surface area contributed by atoms with Crippen LogP contribution in [0.25, 0.3) is 0 Å². The van der Waals surface area contributed by atoms with Gasteiger partial charge in [-0.05, 0) is 6.07 Å². The van der Waals surface area contributed by atoms with Gasteiger partial charge in [0, 0.05) is 13.2 Å². The molecule has 0 bridgehead atoms. The molecule has 41 valence electrons. The monoisotopic (exact) mass is 109 g/mol. The second kappa shape index (κ2) is 1.78. The Morgan fingerprint density at radius 1 is 1.88 bits per heavy atom. The van der Waals surface area contributed by atoms with Crippen LogP contribution < -0.4 is 5.56 Å². The van der Waals surface area contributed by atoms with Gasteiger partial charge in [0.05, 0.1) is 6.07 Å². The number of nitrogens with zero attached hydrogens (tertiary/aromatic N) is 2. The van der Waals surface area contributed by atoms with E-state index in [0.717, 1.165) is 0 Å². The standard InChI is InChI=1S/C5H5N2O/c1-7-5(8)3-2-4-6-7/h2,4H,1H3. The minimum absolute atomic E-state index is 0.201. The van der Waals surface area contributed by atoms with Gasteiger partial charge in [0.25, 0.3) is 5.56 Å². The van der Waals surface area contributed by atoms with E-state index in [2.05, 4.69) is 11.2 Å². The van der Waals surface area contributed by atoms with Crippen molar-refractivity contribution in [2.45, 2.75) is 0 Å². The van der Waals surface area contributed by atoms with Gasteiger partial charge in [0.1, 0.15) is 0 Å². The molecule has 0 aliphatic heterocycles. The van der Waals surface area contributed by atoms with Gasteiger partial charge in [-0.3, -0.25) is 4.79 Å². The van der Waals surface area contributed by atoms with Crippen molar-refractivity contribution in [1.82, 2.24) is 9.78 Å². The summed E-state index contributed by atoms with van der Waals surface area (Å²) in [5, 5.41) is 3.65. The highest BCUT2D eigenvalue weighted by molar-refractivity contribution is 4.80. The lowest BCUT2D eigenvalue weighted by Gasteiger charge is -1.87. The fourth-order valence-electron chi connectivity index (χ4n) is 0.388. The third-order valence-corrected chi connectivity index (χ3v) is 0.815. The largest absolute Gasteiger partial charge is 0.274 e. The average Bonchev–Trinajstić information content (AvgIpc) is 1.77. The summed E-state index contributed by atoms with van der Waals surface area (Å²) in [6.07, 6.45) is 1.52. The molecule has 3 nitrogen and oxygen atoms in total. The van der Waals surface area contributed by atoms with Gasteiger partial charge in [0.15, 0.2) is 0 Å². The normalized spacial score (nSPS) is 9.12. The van der Waals surface area contributed by atoms with Crippen molar-refractivity contribution < 1.29 is 0 Å². The molecule has 0 spiro atoms. The quantitative estimate of drug-likeness (QED) is 0.453. The molecule has 0 N–H and O–H groups in total. The van der Waals surface area contributed by atoms with Crippen LogP contribution in [0.5, 0.6) is 0 Å². The Morgan fingerprint density at radius 2 is 2.62 bits per heavy atom. The van der Waals surface area contributed by atoms with E-state index in [0.29, 0.717) is 0 Å². The summed E-state index contributed by atoms with van der Waals surface area (Å²) in [6.45, 7) is 0. The summed E-state index contributed by atoms with van der Waals surface area (Å²) >= 11 is 0. The van der Waals surface area contributed by atoms with Crippen molar-refractivity contribution in [2.24, 2.45) is 7.05 Å². The smallest absolute Gasteiger partial charge is 0.267 e. The molecule has 0 unspecified atom stereocenters. The highest BCUT2D eigenvalue weighted by Gasteiger charge is 1.81. The van der Waals surface area contributed by atoms with Gasteiger partial charge in [-0.2, -0.15) is 5.10 Å². The number of hydrogen-bond donors (Lipinski definition) is 0. The van der Waals surface area contributed by atoms with Gasteiger partial charge in [0.2, 0.25) is 0 Å². The zero-order valence-electron chi connectivity index (χ0n) is 4.46. The second-order valence-corrected chi connectivity index (χ2v) is 1.40. The first-order valence-corrected chi connectivity index (χ1v) is 2.21. The molecular formula is C5H5N2O. The van der Waals surface area contributed by atoms with Crippen molar-refractivity contribution in [1.29, 1.82) is 0 Å². The Bertz CT molecular complexity index is 228. The lowest BCUT2D eigenvalue weighted by atomic mass is 10.6. The first-order chi connectivity index (χ1) is 3.80. The Hall–Kier alpha value is -1.12. The number of hydrogen-bond acceptors (Lipinski definition) is 2. The summed E-state index contributed by atoms with van der Waals surface area (Å²) in [6, 6.07) is 3.93. The highest BCUT2D eigenvalue weighted by atomic mass is 16.1. The van der Waals surface area contributed by atoms with Gasteiger partial charge in [-0.1, -0.05) is 0 Å². The Kier molecular flexibility index (Phi) is 1.12. The predicted octanol–water partition coefficient (Wildman–Crippen LogP) is -0.420. The molecule has 1 rings (SSSR count). The minimum atomic E-state index is -0.201. The first-order valence-electron chi connectivity index (χ1n) is 2.21. The van der Waals surface area contributed by atoms with Crippen LogP contribution in [0.3, 0.4) is 0 Å². The molecule has 0 atom stereocenters. The van der Waals surface area contributed by atoms with Crippen LogP contribution in [0, 0.1) is 6.07 Å². The lowest BCUT2D eigenvalue weighted by molar-refractivity contribution is 0.705. The van der Waals surface area contributed by atoms with Crippen LogP contribution in [0.15, 0.2) is 17.1 Å². The third-order valence-electron chi connectivity index (χ3n) is 0.815. The summed E-state index contributed by atoms with van der Waals surface area (Å²) in [7, 11) is 1.58. The molecule has 0 saturated heterocycles. The van der Waals surface area contributed by atoms with Gasteiger partial charge in [-0.15, -0.1) is 0 Å². The molecular weight excluding hydrogens is 104 g/mol. The zero-order valence-corrected chi connectivity index (χ0v) is 4.46. The molecule has 1 heterocycles.